The molecule has 5 rings (SSSR count). The first kappa shape index (κ1) is 19.8. The minimum absolute atomic E-state index is 0.0920. The van der Waals surface area contributed by atoms with Gasteiger partial charge in [0.1, 0.15) is 5.69 Å². The van der Waals surface area contributed by atoms with Crippen molar-refractivity contribution in [2.45, 2.75) is 31.0 Å². The maximum atomic E-state index is 6.28. The van der Waals surface area contributed by atoms with Gasteiger partial charge in [-0.2, -0.15) is 0 Å². The van der Waals surface area contributed by atoms with E-state index >= 15 is 0 Å². The summed E-state index contributed by atoms with van der Waals surface area (Å²) in [4.78, 5) is 9.92. The topological polar surface area (TPSA) is 38.4 Å². The van der Waals surface area contributed by atoms with Crippen LogP contribution in [0.5, 0.6) is 0 Å². The molecule has 0 unspecified atom stereocenters. The van der Waals surface area contributed by atoms with E-state index in [4.69, 9.17) is 14.4 Å². The van der Waals surface area contributed by atoms with Crippen molar-refractivity contribution in [1.29, 1.82) is 0 Å². The lowest BCUT2D eigenvalue weighted by atomic mass is 9.87. The molecule has 0 saturated heterocycles. The third kappa shape index (κ3) is 4.21. The first-order chi connectivity index (χ1) is 15.1. The Kier molecular flexibility index (Phi) is 5.24. The lowest BCUT2D eigenvalue weighted by Gasteiger charge is -2.28. The van der Waals surface area contributed by atoms with Gasteiger partial charge in [-0.1, -0.05) is 96.7 Å². The van der Waals surface area contributed by atoms with Gasteiger partial charge < -0.3 is 4.42 Å². The number of fused-ring (bicyclic) bond motifs is 1. The monoisotopic (exact) mass is 424 g/mol. The highest BCUT2D eigenvalue weighted by Crippen LogP contribution is 2.36. The molecule has 4 heteroatoms. The molecule has 0 saturated carbocycles. The minimum atomic E-state index is -0.0920. The molecule has 0 N–H and O–H groups in total. The number of aromatic nitrogens is 1. The van der Waals surface area contributed by atoms with Gasteiger partial charge in [-0.15, -0.1) is 0 Å². The van der Waals surface area contributed by atoms with Crippen LogP contribution in [0.4, 0.5) is 0 Å². The molecule has 2 heterocycles. The molecule has 1 aromatic heterocycles. The van der Waals surface area contributed by atoms with Gasteiger partial charge in [0.05, 0.1) is 11.3 Å². The van der Waals surface area contributed by atoms with Gasteiger partial charge in [-0.3, -0.25) is 4.99 Å². The van der Waals surface area contributed by atoms with E-state index in [1.807, 2.05) is 36.4 Å². The summed E-state index contributed by atoms with van der Waals surface area (Å²) in [6.07, 6.45) is 0.965. The number of hydrogen-bond acceptors (Lipinski definition) is 4. The molecule has 3 nitrogen and oxygen atoms in total. The van der Waals surface area contributed by atoms with Crippen LogP contribution < -0.4 is 0 Å². The summed E-state index contributed by atoms with van der Waals surface area (Å²) in [6, 6.07) is 29.0. The summed E-state index contributed by atoms with van der Waals surface area (Å²) >= 11 is 1.61. The van der Waals surface area contributed by atoms with Crippen molar-refractivity contribution >= 4 is 17.5 Å². The van der Waals surface area contributed by atoms with E-state index < -0.39 is 0 Å². The Bertz CT molecular complexity index is 1170. The summed E-state index contributed by atoms with van der Waals surface area (Å²) in [5.74, 6) is 1.53. The second-order valence-corrected chi connectivity index (χ2v) is 9.31. The number of aliphatic imine (C=N–C) groups is 1. The summed E-state index contributed by atoms with van der Waals surface area (Å²) in [5, 5.41) is 0.668. The van der Waals surface area contributed by atoms with E-state index in [1.54, 1.807) is 11.8 Å². The number of oxazole rings is 1. The summed E-state index contributed by atoms with van der Waals surface area (Å²) in [6.45, 7) is 4.39. The molecule has 0 spiro atoms. The molecule has 0 radical (unpaired) electrons. The molecule has 4 aromatic rings. The molecule has 0 fully saturated rings. The Balaban J connectivity index is 1.48. The maximum Gasteiger partial charge on any atom is 0.257 e. The number of hydrogen-bond donors (Lipinski definition) is 0. The van der Waals surface area contributed by atoms with E-state index in [0.29, 0.717) is 5.22 Å². The smallest absolute Gasteiger partial charge is 0.257 e. The van der Waals surface area contributed by atoms with Crippen LogP contribution in [0.2, 0.25) is 0 Å². The fourth-order valence-electron chi connectivity index (χ4n) is 4.07. The second kappa shape index (κ2) is 8.20. The van der Waals surface area contributed by atoms with Crippen LogP contribution in [0.3, 0.4) is 0 Å². The molecular weight excluding hydrogens is 400 g/mol. The molecule has 0 atom stereocenters. The Hall–Kier alpha value is -3.11. The Labute approximate surface area is 187 Å². The van der Waals surface area contributed by atoms with Crippen molar-refractivity contribution in [3.63, 3.8) is 0 Å². The van der Waals surface area contributed by atoms with Crippen molar-refractivity contribution in [1.82, 2.24) is 4.98 Å². The van der Waals surface area contributed by atoms with Crippen LogP contribution in [-0.4, -0.2) is 22.0 Å². The van der Waals surface area contributed by atoms with Crippen molar-refractivity contribution < 1.29 is 4.42 Å². The summed E-state index contributed by atoms with van der Waals surface area (Å²) < 4.78 is 6.28. The molecule has 31 heavy (non-hydrogen) atoms. The standard InChI is InChI=1S/C27H24N2OS/c1-27(2)17-21-15-9-10-16-22(21)23(29-27)18-31-26-28-24(19-11-5-3-6-12-19)25(30-26)20-13-7-4-8-14-20/h3-16H,17-18H2,1-2H3. The van der Waals surface area contributed by atoms with Gasteiger partial charge in [-0.05, 0) is 31.4 Å². The van der Waals surface area contributed by atoms with Crippen LogP contribution in [0.25, 0.3) is 22.6 Å². The van der Waals surface area contributed by atoms with Crippen LogP contribution in [-0.2, 0) is 6.42 Å². The van der Waals surface area contributed by atoms with Crippen LogP contribution in [0, 0.1) is 0 Å². The largest absolute Gasteiger partial charge is 0.431 e. The molecule has 1 aliphatic heterocycles. The zero-order valence-corrected chi connectivity index (χ0v) is 18.5. The number of nitrogens with zero attached hydrogens (tertiary/aromatic N) is 2. The number of benzene rings is 3. The molecule has 3 aromatic carbocycles. The average Bonchev–Trinajstić information content (AvgIpc) is 3.22. The predicted molar refractivity (Wildman–Crippen MR) is 129 cm³/mol. The normalized spacial score (nSPS) is 14.7. The van der Waals surface area contributed by atoms with E-state index in [0.717, 1.165) is 40.5 Å². The predicted octanol–water partition coefficient (Wildman–Crippen LogP) is 6.92. The Morgan fingerprint density at radius 1 is 0.839 bits per heavy atom. The average molecular weight is 425 g/mol. The molecule has 1 aliphatic rings. The summed E-state index contributed by atoms with van der Waals surface area (Å²) in [5.41, 5.74) is 6.58. The highest BCUT2D eigenvalue weighted by atomic mass is 32.2. The van der Waals surface area contributed by atoms with Crippen molar-refractivity contribution in [3.8, 4) is 22.6 Å². The zero-order valence-electron chi connectivity index (χ0n) is 17.7. The fourth-order valence-corrected chi connectivity index (χ4v) is 4.84. The molecule has 0 aliphatic carbocycles. The summed E-state index contributed by atoms with van der Waals surface area (Å²) in [7, 11) is 0. The van der Waals surface area contributed by atoms with Gasteiger partial charge in [0.15, 0.2) is 5.76 Å². The van der Waals surface area contributed by atoms with Gasteiger partial charge in [0.25, 0.3) is 5.22 Å². The van der Waals surface area contributed by atoms with E-state index in [1.165, 1.54) is 11.1 Å². The minimum Gasteiger partial charge on any atom is -0.431 e. The first-order valence-electron chi connectivity index (χ1n) is 10.5. The SMILES string of the molecule is CC1(C)Cc2ccccc2C(CSc2nc(-c3ccccc3)c(-c3ccccc3)o2)=N1. The van der Waals surface area contributed by atoms with Gasteiger partial charge in [0.2, 0.25) is 0 Å². The van der Waals surface area contributed by atoms with Gasteiger partial charge >= 0.3 is 0 Å². The first-order valence-corrected chi connectivity index (χ1v) is 11.5. The fraction of sp³-hybridized carbons (Fsp3) is 0.185. The van der Waals surface area contributed by atoms with E-state index in [9.17, 15) is 0 Å². The van der Waals surface area contributed by atoms with E-state index in [2.05, 4.69) is 62.4 Å². The second-order valence-electron chi connectivity index (χ2n) is 8.38. The number of thioether (sulfide) groups is 1. The van der Waals surface area contributed by atoms with Crippen LogP contribution in [0.1, 0.15) is 25.0 Å². The lowest BCUT2D eigenvalue weighted by Crippen LogP contribution is -2.29. The van der Waals surface area contributed by atoms with Crippen molar-refractivity contribution in [2.75, 3.05) is 5.75 Å². The van der Waals surface area contributed by atoms with Gasteiger partial charge in [-0.25, -0.2) is 4.98 Å². The maximum absolute atomic E-state index is 6.28. The van der Waals surface area contributed by atoms with Crippen molar-refractivity contribution in [2.24, 2.45) is 4.99 Å². The highest BCUT2D eigenvalue weighted by molar-refractivity contribution is 7.99. The van der Waals surface area contributed by atoms with Crippen LogP contribution >= 0.6 is 11.8 Å². The highest BCUT2D eigenvalue weighted by Gasteiger charge is 2.27. The Morgan fingerprint density at radius 2 is 1.48 bits per heavy atom. The zero-order chi connectivity index (χ0) is 21.3. The van der Waals surface area contributed by atoms with Gasteiger partial charge in [0, 0.05) is 16.9 Å². The molecule has 0 amide bonds. The van der Waals surface area contributed by atoms with E-state index in [-0.39, 0.29) is 5.54 Å². The third-order valence-corrected chi connectivity index (χ3v) is 6.25. The van der Waals surface area contributed by atoms with Crippen molar-refractivity contribution in [3.05, 3.63) is 96.1 Å². The molecule has 0 bridgehead atoms. The quantitative estimate of drug-likeness (QED) is 0.326. The third-order valence-electron chi connectivity index (χ3n) is 5.41. The molecular formula is C27H24N2OS. The number of rotatable bonds is 5. The Morgan fingerprint density at radius 3 is 2.23 bits per heavy atom. The lowest BCUT2D eigenvalue weighted by molar-refractivity contribution is 0.466. The van der Waals surface area contributed by atoms with Crippen LogP contribution in [0.15, 0.2) is 99.6 Å². The molecule has 154 valence electrons.